The number of likely N-dealkylation sites (tertiary alicyclic amines) is 1. The predicted molar refractivity (Wildman–Crippen MR) is 79.0 cm³/mol. The first-order chi connectivity index (χ1) is 10.2. The van der Waals surface area contributed by atoms with Gasteiger partial charge in [-0.15, -0.1) is 0 Å². The summed E-state index contributed by atoms with van der Waals surface area (Å²) in [6.07, 6.45) is 3.95. The highest BCUT2D eigenvalue weighted by Crippen LogP contribution is 2.22. The van der Waals surface area contributed by atoms with Gasteiger partial charge in [-0.3, -0.25) is 4.90 Å². The molecule has 112 valence electrons. The minimum Gasteiger partial charge on any atom is -0.444 e. The standard InChI is InChI=1S/C16H20FN3O/c17-14-3-1-2-13(8-14)16-19-15(11-21-16)10-20-6-4-12(9-18)5-7-20/h1-3,8,11-12H,4-7,9-10,18H2. The fourth-order valence-electron chi connectivity index (χ4n) is 2.74. The number of piperidine rings is 1. The lowest BCUT2D eigenvalue weighted by Gasteiger charge is -2.30. The number of halogens is 1. The van der Waals surface area contributed by atoms with Crippen molar-refractivity contribution in [2.75, 3.05) is 19.6 Å². The van der Waals surface area contributed by atoms with E-state index in [1.165, 1.54) is 12.1 Å². The number of rotatable bonds is 4. The maximum atomic E-state index is 13.2. The monoisotopic (exact) mass is 289 g/mol. The first-order valence-corrected chi connectivity index (χ1v) is 7.37. The van der Waals surface area contributed by atoms with E-state index in [1.54, 1.807) is 18.4 Å². The smallest absolute Gasteiger partial charge is 0.226 e. The van der Waals surface area contributed by atoms with Gasteiger partial charge in [0.1, 0.15) is 12.1 Å². The van der Waals surface area contributed by atoms with Crippen molar-refractivity contribution >= 4 is 0 Å². The number of oxazole rings is 1. The molecule has 0 unspecified atom stereocenters. The molecule has 21 heavy (non-hydrogen) atoms. The second-order valence-electron chi connectivity index (χ2n) is 5.61. The van der Waals surface area contributed by atoms with Gasteiger partial charge in [-0.05, 0) is 56.6 Å². The first-order valence-electron chi connectivity index (χ1n) is 7.37. The molecule has 2 N–H and O–H groups in total. The molecule has 1 aliphatic heterocycles. The number of hydrogen-bond acceptors (Lipinski definition) is 4. The highest BCUT2D eigenvalue weighted by Gasteiger charge is 2.19. The Balaban J connectivity index is 1.63. The quantitative estimate of drug-likeness (QED) is 0.940. The van der Waals surface area contributed by atoms with Crippen LogP contribution in [0.2, 0.25) is 0 Å². The average Bonchev–Trinajstić information content (AvgIpc) is 2.97. The Morgan fingerprint density at radius 1 is 1.33 bits per heavy atom. The van der Waals surface area contributed by atoms with Gasteiger partial charge in [0.15, 0.2) is 0 Å². The van der Waals surface area contributed by atoms with Crippen LogP contribution in [0.3, 0.4) is 0 Å². The van der Waals surface area contributed by atoms with Crippen LogP contribution in [-0.2, 0) is 6.54 Å². The van der Waals surface area contributed by atoms with E-state index in [4.69, 9.17) is 10.2 Å². The molecule has 1 fully saturated rings. The minimum atomic E-state index is -0.281. The van der Waals surface area contributed by atoms with Crippen molar-refractivity contribution in [2.24, 2.45) is 11.7 Å². The fraction of sp³-hybridized carbons (Fsp3) is 0.438. The summed E-state index contributed by atoms with van der Waals surface area (Å²) in [6.45, 7) is 3.64. The Kier molecular flexibility index (Phi) is 4.31. The molecule has 4 nitrogen and oxygen atoms in total. The van der Waals surface area contributed by atoms with Gasteiger partial charge in [-0.1, -0.05) is 6.07 Å². The number of nitrogens with two attached hydrogens (primary N) is 1. The lowest BCUT2D eigenvalue weighted by molar-refractivity contribution is 0.178. The molecular weight excluding hydrogens is 269 g/mol. The molecule has 2 heterocycles. The molecule has 0 aliphatic carbocycles. The number of hydrogen-bond donors (Lipinski definition) is 1. The molecule has 5 heteroatoms. The maximum absolute atomic E-state index is 13.2. The Morgan fingerprint density at radius 2 is 2.14 bits per heavy atom. The third-order valence-corrected chi connectivity index (χ3v) is 4.05. The zero-order chi connectivity index (χ0) is 14.7. The van der Waals surface area contributed by atoms with Crippen LogP contribution in [0.1, 0.15) is 18.5 Å². The number of aromatic nitrogens is 1. The summed E-state index contributed by atoms with van der Waals surface area (Å²) in [7, 11) is 0. The van der Waals surface area contributed by atoms with Gasteiger partial charge >= 0.3 is 0 Å². The van der Waals surface area contributed by atoms with Crippen LogP contribution < -0.4 is 5.73 Å². The Labute approximate surface area is 123 Å². The fourth-order valence-corrected chi connectivity index (χ4v) is 2.74. The molecule has 2 aromatic rings. The normalized spacial score (nSPS) is 17.2. The Morgan fingerprint density at radius 3 is 2.86 bits per heavy atom. The van der Waals surface area contributed by atoms with Gasteiger partial charge in [-0.25, -0.2) is 9.37 Å². The third-order valence-electron chi connectivity index (χ3n) is 4.05. The largest absolute Gasteiger partial charge is 0.444 e. The van der Waals surface area contributed by atoms with Crippen LogP contribution in [0.4, 0.5) is 4.39 Å². The summed E-state index contributed by atoms with van der Waals surface area (Å²) in [5.41, 5.74) is 7.26. The van der Waals surface area contributed by atoms with E-state index in [0.717, 1.165) is 44.7 Å². The van der Waals surface area contributed by atoms with Crippen molar-refractivity contribution in [3.63, 3.8) is 0 Å². The minimum absolute atomic E-state index is 0.281. The lowest BCUT2D eigenvalue weighted by atomic mass is 9.97. The van der Waals surface area contributed by atoms with Crippen molar-refractivity contribution in [2.45, 2.75) is 19.4 Å². The summed E-state index contributed by atoms with van der Waals surface area (Å²) in [5.74, 6) is 0.846. The Bertz CT molecular complexity index is 591. The van der Waals surface area contributed by atoms with Crippen molar-refractivity contribution in [1.82, 2.24) is 9.88 Å². The topological polar surface area (TPSA) is 55.3 Å². The van der Waals surface area contributed by atoms with E-state index >= 15 is 0 Å². The molecule has 1 aliphatic rings. The molecule has 1 saturated heterocycles. The van der Waals surface area contributed by atoms with Gasteiger partial charge in [0.2, 0.25) is 5.89 Å². The molecule has 0 amide bonds. The lowest BCUT2D eigenvalue weighted by Crippen LogP contribution is -2.35. The van der Waals surface area contributed by atoms with Crippen molar-refractivity contribution in [3.05, 3.63) is 42.0 Å². The number of nitrogens with zero attached hydrogens (tertiary/aromatic N) is 2. The van der Waals surface area contributed by atoms with Gasteiger partial charge < -0.3 is 10.2 Å². The van der Waals surface area contributed by atoms with E-state index in [-0.39, 0.29) is 5.82 Å². The SMILES string of the molecule is NCC1CCN(Cc2coc(-c3cccc(F)c3)n2)CC1. The second-order valence-corrected chi connectivity index (χ2v) is 5.61. The molecule has 0 saturated carbocycles. The molecule has 0 bridgehead atoms. The van der Waals surface area contributed by atoms with E-state index in [1.807, 2.05) is 0 Å². The molecule has 1 aromatic heterocycles. The summed E-state index contributed by atoms with van der Waals surface area (Å²) in [6, 6.07) is 6.30. The molecule has 0 radical (unpaired) electrons. The van der Waals surface area contributed by atoms with E-state index in [2.05, 4.69) is 9.88 Å². The van der Waals surface area contributed by atoms with Gasteiger partial charge in [0, 0.05) is 12.1 Å². The van der Waals surface area contributed by atoms with Crippen molar-refractivity contribution in [3.8, 4) is 11.5 Å². The van der Waals surface area contributed by atoms with Crippen molar-refractivity contribution in [1.29, 1.82) is 0 Å². The Hall–Kier alpha value is -1.72. The summed E-state index contributed by atoms with van der Waals surface area (Å²) in [5, 5.41) is 0. The molecule has 0 atom stereocenters. The summed E-state index contributed by atoms with van der Waals surface area (Å²) >= 11 is 0. The van der Waals surface area contributed by atoms with E-state index in [9.17, 15) is 4.39 Å². The zero-order valence-electron chi connectivity index (χ0n) is 12.0. The third kappa shape index (κ3) is 3.49. The second kappa shape index (κ2) is 6.37. The van der Waals surface area contributed by atoms with Crippen LogP contribution in [0, 0.1) is 11.7 Å². The van der Waals surface area contributed by atoms with E-state index in [0.29, 0.717) is 17.4 Å². The molecule has 1 aromatic carbocycles. The highest BCUT2D eigenvalue weighted by atomic mass is 19.1. The zero-order valence-corrected chi connectivity index (χ0v) is 12.0. The van der Waals surface area contributed by atoms with E-state index < -0.39 is 0 Å². The maximum Gasteiger partial charge on any atom is 0.226 e. The molecule has 0 spiro atoms. The van der Waals surface area contributed by atoms with Crippen LogP contribution in [0.5, 0.6) is 0 Å². The van der Waals surface area contributed by atoms with Gasteiger partial charge in [0.05, 0.1) is 5.69 Å². The summed E-state index contributed by atoms with van der Waals surface area (Å²) in [4.78, 5) is 6.82. The van der Waals surface area contributed by atoms with Crippen LogP contribution in [0.25, 0.3) is 11.5 Å². The highest BCUT2D eigenvalue weighted by molar-refractivity contribution is 5.52. The number of benzene rings is 1. The summed E-state index contributed by atoms with van der Waals surface area (Å²) < 4.78 is 18.7. The predicted octanol–water partition coefficient (Wildman–Crippen LogP) is 2.65. The van der Waals surface area contributed by atoms with Gasteiger partial charge in [-0.2, -0.15) is 0 Å². The van der Waals surface area contributed by atoms with Gasteiger partial charge in [0.25, 0.3) is 0 Å². The van der Waals surface area contributed by atoms with Crippen molar-refractivity contribution < 1.29 is 8.81 Å². The van der Waals surface area contributed by atoms with Crippen LogP contribution in [-0.4, -0.2) is 29.5 Å². The van der Waals surface area contributed by atoms with Crippen LogP contribution >= 0.6 is 0 Å². The molecule has 3 rings (SSSR count). The van der Waals surface area contributed by atoms with Crippen LogP contribution in [0.15, 0.2) is 34.9 Å². The first kappa shape index (κ1) is 14.2. The average molecular weight is 289 g/mol. The molecular formula is C16H20FN3O.